The van der Waals surface area contributed by atoms with E-state index in [0.29, 0.717) is 16.4 Å². The minimum absolute atomic E-state index is 0.0555. The fourth-order valence-electron chi connectivity index (χ4n) is 1.03. The average molecular weight is 243 g/mol. The van der Waals surface area contributed by atoms with Crippen LogP contribution >= 0.6 is 11.6 Å². The van der Waals surface area contributed by atoms with Gasteiger partial charge in [-0.05, 0) is 12.2 Å². The van der Waals surface area contributed by atoms with Gasteiger partial charge in [0.15, 0.2) is 0 Å². The van der Waals surface area contributed by atoms with E-state index in [1.54, 1.807) is 18.4 Å². The van der Waals surface area contributed by atoms with Gasteiger partial charge < -0.3 is 10.6 Å². The van der Waals surface area contributed by atoms with Gasteiger partial charge in [-0.25, -0.2) is 4.79 Å². The number of carbonyl (C=O) groups excluding carboxylic acids is 1. The van der Waals surface area contributed by atoms with Crippen molar-refractivity contribution in [1.29, 1.82) is 0 Å². The molecular weight excluding hydrogens is 232 g/mol. The van der Waals surface area contributed by atoms with E-state index in [9.17, 15) is 9.70 Å². The third-order valence-corrected chi connectivity index (χ3v) is 1.98. The first kappa shape index (κ1) is 12.3. The molecule has 7 heteroatoms. The Kier molecular flexibility index (Phi) is 4.53. The lowest BCUT2D eigenvalue weighted by atomic mass is 10.2. The molecule has 0 saturated carbocycles. The Morgan fingerprint density at radius 3 is 3.00 bits per heavy atom. The summed E-state index contributed by atoms with van der Waals surface area (Å²) in [6, 6.07) is -0.639. The molecule has 0 saturated heterocycles. The number of rotatable bonds is 4. The minimum Gasteiger partial charge on any atom is -0.360 e. The first-order chi connectivity index (χ1) is 7.69. The predicted octanol–water partition coefficient (Wildman–Crippen LogP) is 1.43. The van der Waals surface area contributed by atoms with Crippen molar-refractivity contribution < 1.29 is 4.79 Å². The van der Waals surface area contributed by atoms with Crippen LogP contribution in [0.4, 0.5) is 4.79 Å². The van der Waals surface area contributed by atoms with Crippen LogP contribution in [0.5, 0.6) is 0 Å². The van der Waals surface area contributed by atoms with Crippen LogP contribution in [0.3, 0.4) is 0 Å². The Balaban J connectivity index is 2.62. The van der Waals surface area contributed by atoms with E-state index >= 15 is 0 Å². The molecule has 0 aromatic carbocycles. The molecule has 2 amide bonds. The van der Waals surface area contributed by atoms with Crippen LogP contribution in [-0.2, 0) is 0 Å². The Morgan fingerprint density at radius 1 is 1.69 bits per heavy atom. The fraction of sp³-hybridized carbons (Fsp3) is 0.222. The number of hydrogen-bond donors (Lipinski definition) is 2. The smallest absolute Gasteiger partial charge is 0.344 e. The molecule has 0 unspecified atom stereocenters. The Hall–Kier alpha value is -1.82. The molecule has 0 aromatic heterocycles. The topological polar surface area (TPSA) is 73.8 Å². The summed E-state index contributed by atoms with van der Waals surface area (Å²) in [6.45, 7) is 3.74. The van der Waals surface area contributed by atoms with Gasteiger partial charge in [-0.1, -0.05) is 6.58 Å². The zero-order chi connectivity index (χ0) is 12.0. The van der Waals surface area contributed by atoms with Gasteiger partial charge in [0.1, 0.15) is 0 Å². The number of hydrogen-bond acceptors (Lipinski definition) is 4. The summed E-state index contributed by atoms with van der Waals surface area (Å²) < 4.78 is 0. The quantitative estimate of drug-likeness (QED) is 0.445. The van der Waals surface area contributed by atoms with Gasteiger partial charge in [0.05, 0.1) is 23.2 Å². The molecule has 0 aromatic rings. The number of alkyl halides is 1. The van der Waals surface area contributed by atoms with Crippen LogP contribution in [0.1, 0.15) is 0 Å². The van der Waals surface area contributed by atoms with Gasteiger partial charge in [-0.2, -0.15) is 5.01 Å². The Morgan fingerprint density at radius 2 is 2.44 bits per heavy atom. The lowest BCUT2D eigenvalue weighted by Crippen LogP contribution is -2.38. The highest BCUT2D eigenvalue weighted by atomic mass is 35.5. The summed E-state index contributed by atoms with van der Waals surface area (Å²) in [4.78, 5) is 21.9. The number of amides is 2. The maximum Gasteiger partial charge on any atom is 0.344 e. The lowest BCUT2D eigenvalue weighted by molar-refractivity contribution is 0.205. The number of urea groups is 1. The minimum atomic E-state index is -0.639. The van der Waals surface area contributed by atoms with Crippen LogP contribution in [-0.4, -0.2) is 23.5 Å². The second-order valence-corrected chi connectivity index (χ2v) is 3.26. The first-order valence-electron chi connectivity index (χ1n) is 4.49. The van der Waals surface area contributed by atoms with Crippen molar-refractivity contribution in [1.82, 2.24) is 15.6 Å². The predicted molar refractivity (Wildman–Crippen MR) is 61.3 cm³/mol. The molecule has 1 aliphatic heterocycles. The first-order valence-corrected chi connectivity index (χ1v) is 5.03. The summed E-state index contributed by atoms with van der Waals surface area (Å²) in [7, 11) is 0. The monoisotopic (exact) mass is 242 g/mol. The van der Waals surface area contributed by atoms with Crippen LogP contribution in [0.25, 0.3) is 0 Å². The number of nitrogens with one attached hydrogen (secondary N) is 2. The third kappa shape index (κ3) is 3.09. The van der Waals surface area contributed by atoms with Crippen molar-refractivity contribution in [2.24, 2.45) is 5.29 Å². The summed E-state index contributed by atoms with van der Waals surface area (Å²) in [5, 5.41) is 8.57. The highest BCUT2D eigenvalue weighted by Gasteiger charge is 2.16. The Bertz CT molecular complexity index is 365. The SMILES string of the molecule is C=C1NC=CC=C1NC(=O)N(CCCl)N=O. The zero-order valence-electron chi connectivity index (χ0n) is 8.44. The Labute approximate surface area is 97.6 Å². The van der Waals surface area contributed by atoms with E-state index in [-0.39, 0.29) is 12.4 Å². The van der Waals surface area contributed by atoms with Gasteiger partial charge in [0.2, 0.25) is 0 Å². The number of carbonyl (C=O) groups is 1. The van der Waals surface area contributed by atoms with E-state index in [1.165, 1.54) is 0 Å². The second kappa shape index (κ2) is 5.92. The molecule has 1 aliphatic rings. The van der Waals surface area contributed by atoms with Crippen LogP contribution < -0.4 is 10.6 Å². The van der Waals surface area contributed by atoms with Crippen LogP contribution in [0, 0.1) is 4.91 Å². The standard InChI is InChI=1S/C9H11ClN4O2/c1-7-8(3-2-5-11-7)12-9(15)14(13-16)6-4-10/h2-3,5,11H,1,4,6H2,(H,12,15). The fourth-order valence-corrected chi connectivity index (χ4v) is 1.19. The zero-order valence-corrected chi connectivity index (χ0v) is 9.20. The molecule has 6 nitrogen and oxygen atoms in total. The molecule has 0 bridgehead atoms. The van der Waals surface area contributed by atoms with Crippen molar-refractivity contribution >= 4 is 17.6 Å². The molecule has 0 atom stereocenters. The van der Waals surface area contributed by atoms with Crippen molar-refractivity contribution in [2.45, 2.75) is 0 Å². The highest BCUT2D eigenvalue weighted by molar-refractivity contribution is 6.18. The van der Waals surface area contributed by atoms with Gasteiger partial charge in [0, 0.05) is 12.1 Å². The maximum absolute atomic E-state index is 11.5. The largest absolute Gasteiger partial charge is 0.360 e. The molecule has 16 heavy (non-hydrogen) atoms. The highest BCUT2D eigenvalue weighted by Crippen LogP contribution is 2.06. The third-order valence-electron chi connectivity index (χ3n) is 1.81. The number of dihydropyridines is 1. The average Bonchev–Trinajstić information content (AvgIpc) is 2.29. The molecule has 0 radical (unpaired) electrons. The van der Waals surface area contributed by atoms with Crippen molar-refractivity contribution in [3.05, 3.63) is 41.2 Å². The van der Waals surface area contributed by atoms with Gasteiger partial charge in [-0.15, -0.1) is 16.5 Å². The number of nitrogens with zero attached hydrogens (tertiary/aromatic N) is 2. The van der Waals surface area contributed by atoms with E-state index < -0.39 is 6.03 Å². The summed E-state index contributed by atoms with van der Waals surface area (Å²) in [6.07, 6.45) is 5.03. The van der Waals surface area contributed by atoms with Crippen LogP contribution in [0.15, 0.2) is 41.6 Å². The number of nitroso groups, excluding NO2 is 1. The van der Waals surface area contributed by atoms with Crippen molar-refractivity contribution in [3.63, 3.8) is 0 Å². The van der Waals surface area contributed by atoms with E-state index in [1.807, 2.05) is 0 Å². The van der Waals surface area contributed by atoms with E-state index in [4.69, 9.17) is 11.6 Å². The molecule has 0 fully saturated rings. The van der Waals surface area contributed by atoms with E-state index in [0.717, 1.165) is 0 Å². The lowest BCUT2D eigenvalue weighted by Gasteiger charge is -2.17. The number of allylic oxidation sites excluding steroid dienone is 2. The summed E-state index contributed by atoms with van der Waals surface area (Å²) in [5.74, 6) is 0.136. The molecule has 0 spiro atoms. The van der Waals surface area contributed by atoms with Gasteiger partial charge in [-0.3, -0.25) is 0 Å². The van der Waals surface area contributed by atoms with Gasteiger partial charge in [0.25, 0.3) is 0 Å². The van der Waals surface area contributed by atoms with Crippen molar-refractivity contribution in [2.75, 3.05) is 12.4 Å². The van der Waals surface area contributed by atoms with Crippen molar-refractivity contribution in [3.8, 4) is 0 Å². The molecule has 1 heterocycles. The normalized spacial score (nSPS) is 13.8. The maximum atomic E-state index is 11.5. The van der Waals surface area contributed by atoms with Gasteiger partial charge >= 0.3 is 6.03 Å². The molecule has 86 valence electrons. The molecular formula is C9H11ClN4O2. The number of halogens is 1. The molecule has 0 aliphatic carbocycles. The summed E-state index contributed by atoms with van der Waals surface area (Å²) in [5.41, 5.74) is 1.02. The molecule has 1 rings (SSSR count). The molecule has 2 N–H and O–H groups in total. The summed E-state index contributed by atoms with van der Waals surface area (Å²) >= 11 is 5.41. The second-order valence-electron chi connectivity index (χ2n) is 2.89. The van der Waals surface area contributed by atoms with Crippen LogP contribution in [0.2, 0.25) is 0 Å². The van der Waals surface area contributed by atoms with E-state index in [2.05, 4.69) is 22.5 Å².